The number of carbonyl (C=O) groups is 2. The van der Waals surface area contributed by atoms with Crippen LogP contribution in [0.5, 0.6) is 0 Å². The number of piperidine rings is 1. The van der Waals surface area contributed by atoms with Crippen LogP contribution in [0.2, 0.25) is 0 Å². The van der Waals surface area contributed by atoms with E-state index in [-0.39, 0.29) is 0 Å². The topological polar surface area (TPSA) is 71.5 Å². The van der Waals surface area contributed by atoms with Crippen LogP contribution in [0.3, 0.4) is 0 Å². The lowest BCUT2D eigenvalue weighted by molar-refractivity contribution is 0.0395. The fourth-order valence-corrected chi connectivity index (χ4v) is 2.58. The molecule has 3 rings (SSSR count). The van der Waals surface area contributed by atoms with E-state index in [2.05, 4.69) is 10.5 Å². The first-order valence-corrected chi connectivity index (χ1v) is 7.34. The van der Waals surface area contributed by atoms with Crippen molar-refractivity contribution in [2.75, 3.05) is 13.1 Å². The van der Waals surface area contributed by atoms with Crippen molar-refractivity contribution < 1.29 is 14.4 Å². The van der Waals surface area contributed by atoms with Crippen molar-refractivity contribution in [3.63, 3.8) is 0 Å². The Kier molecular flexibility index (Phi) is 4.18. The summed E-state index contributed by atoms with van der Waals surface area (Å²) < 4.78 is 0. The third-order valence-corrected chi connectivity index (χ3v) is 3.76. The van der Waals surface area contributed by atoms with Gasteiger partial charge in [-0.15, -0.1) is 0 Å². The number of carbonyl (C=O) groups excluding carboxylic acids is 2. The second kappa shape index (κ2) is 6.43. The predicted octanol–water partition coefficient (Wildman–Crippen LogP) is 2.50. The Morgan fingerprint density at radius 2 is 1.86 bits per heavy atom. The molecule has 2 amide bonds. The molecule has 0 bridgehead atoms. The third kappa shape index (κ3) is 3.00. The molecule has 0 aliphatic carbocycles. The first-order valence-electron chi connectivity index (χ1n) is 7.34. The molecule has 1 aliphatic heterocycles. The van der Waals surface area contributed by atoms with Crippen LogP contribution in [0.1, 0.15) is 29.6 Å². The summed E-state index contributed by atoms with van der Waals surface area (Å²) in [4.78, 5) is 34.6. The van der Waals surface area contributed by atoms with E-state index < -0.39 is 12.0 Å². The van der Waals surface area contributed by atoms with Crippen molar-refractivity contribution >= 4 is 22.8 Å². The number of aromatic nitrogens is 1. The van der Waals surface area contributed by atoms with E-state index in [4.69, 9.17) is 4.84 Å². The van der Waals surface area contributed by atoms with Crippen LogP contribution in [0.25, 0.3) is 10.8 Å². The van der Waals surface area contributed by atoms with Gasteiger partial charge in [-0.2, -0.15) is 5.48 Å². The number of nitrogens with zero attached hydrogens (tertiary/aromatic N) is 2. The van der Waals surface area contributed by atoms with E-state index >= 15 is 0 Å². The van der Waals surface area contributed by atoms with Gasteiger partial charge in [-0.05, 0) is 24.6 Å². The minimum Gasteiger partial charge on any atom is -0.321 e. The van der Waals surface area contributed by atoms with Gasteiger partial charge in [-0.3, -0.25) is 9.78 Å². The van der Waals surface area contributed by atoms with Crippen LogP contribution in [0.4, 0.5) is 4.79 Å². The Balaban J connectivity index is 1.67. The normalized spacial score (nSPS) is 14.6. The van der Waals surface area contributed by atoms with E-state index in [1.165, 1.54) is 6.20 Å². The van der Waals surface area contributed by atoms with Gasteiger partial charge in [0.25, 0.3) is 5.91 Å². The highest BCUT2D eigenvalue weighted by atomic mass is 16.7. The molecule has 0 spiro atoms. The smallest absolute Gasteiger partial charge is 0.321 e. The minimum atomic E-state index is -0.513. The molecule has 0 saturated carbocycles. The molecular weight excluding hydrogens is 282 g/mol. The Morgan fingerprint density at radius 1 is 1.09 bits per heavy atom. The molecule has 1 fully saturated rings. The molecule has 2 heterocycles. The standard InChI is InChI=1S/C16H17N3O3/c20-15(18-22-16(21)19-8-4-1-5-9-19)14-11-17-10-12-6-2-3-7-13(12)14/h2-3,6-7,10-11H,1,4-5,8-9H2,(H,18,20). The van der Waals surface area contributed by atoms with E-state index in [9.17, 15) is 9.59 Å². The Hall–Kier alpha value is -2.63. The van der Waals surface area contributed by atoms with Gasteiger partial charge in [-0.25, -0.2) is 4.79 Å². The Morgan fingerprint density at radius 3 is 2.68 bits per heavy atom. The minimum absolute atomic E-state index is 0.379. The molecule has 0 radical (unpaired) electrons. The molecule has 6 nitrogen and oxygen atoms in total. The largest absolute Gasteiger partial charge is 0.434 e. The lowest BCUT2D eigenvalue weighted by Gasteiger charge is -2.25. The van der Waals surface area contributed by atoms with Crippen molar-refractivity contribution in [2.24, 2.45) is 0 Å². The molecule has 22 heavy (non-hydrogen) atoms. The summed E-state index contributed by atoms with van der Waals surface area (Å²) in [7, 11) is 0. The number of benzene rings is 1. The van der Waals surface area contributed by atoms with Gasteiger partial charge in [-0.1, -0.05) is 24.3 Å². The van der Waals surface area contributed by atoms with E-state index in [0.29, 0.717) is 18.7 Å². The van der Waals surface area contributed by atoms with Gasteiger partial charge in [0.1, 0.15) is 0 Å². The van der Waals surface area contributed by atoms with Gasteiger partial charge in [0.05, 0.1) is 5.56 Å². The molecule has 1 aromatic heterocycles. The number of fused-ring (bicyclic) bond motifs is 1. The van der Waals surface area contributed by atoms with Gasteiger partial charge in [0, 0.05) is 30.9 Å². The van der Waals surface area contributed by atoms with E-state index in [1.807, 2.05) is 24.3 Å². The quantitative estimate of drug-likeness (QED) is 0.821. The molecule has 1 N–H and O–H groups in total. The number of pyridine rings is 1. The summed E-state index contributed by atoms with van der Waals surface area (Å²) >= 11 is 0. The fraction of sp³-hybridized carbons (Fsp3) is 0.312. The van der Waals surface area contributed by atoms with E-state index in [1.54, 1.807) is 11.1 Å². The maximum Gasteiger partial charge on any atom is 0.434 e. The second-order valence-corrected chi connectivity index (χ2v) is 5.26. The number of hydrogen-bond donors (Lipinski definition) is 1. The number of nitrogens with one attached hydrogen (secondary N) is 1. The number of hydrogen-bond acceptors (Lipinski definition) is 4. The first kappa shape index (κ1) is 14.3. The maximum absolute atomic E-state index is 12.2. The molecule has 1 aromatic carbocycles. The first-order chi connectivity index (χ1) is 10.8. The highest BCUT2D eigenvalue weighted by Crippen LogP contribution is 2.17. The average molecular weight is 299 g/mol. The SMILES string of the molecule is O=C(NOC(=O)N1CCCCC1)c1cncc2ccccc12. The van der Waals surface area contributed by atoms with Crippen LogP contribution in [0, 0.1) is 0 Å². The summed E-state index contributed by atoms with van der Waals surface area (Å²) in [6, 6.07) is 7.43. The van der Waals surface area contributed by atoms with Crippen LogP contribution < -0.4 is 5.48 Å². The monoisotopic (exact) mass is 299 g/mol. The maximum atomic E-state index is 12.2. The van der Waals surface area contributed by atoms with Crippen LogP contribution >= 0.6 is 0 Å². The number of amides is 2. The molecule has 114 valence electrons. The van der Waals surface area contributed by atoms with Crippen molar-refractivity contribution in [1.29, 1.82) is 0 Å². The molecule has 0 unspecified atom stereocenters. The Bertz CT molecular complexity index is 691. The zero-order valence-corrected chi connectivity index (χ0v) is 12.1. The molecular formula is C16H17N3O3. The Labute approximate surface area is 128 Å². The summed E-state index contributed by atoms with van der Waals surface area (Å²) in [6.07, 6.45) is 5.70. The van der Waals surface area contributed by atoms with E-state index in [0.717, 1.165) is 30.0 Å². The molecule has 0 atom stereocenters. The van der Waals surface area contributed by atoms with Gasteiger partial charge in [0.15, 0.2) is 0 Å². The van der Waals surface area contributed by atoms with Gasteiger partial charge >= 0.3 is 6.09 Å². The number of rotatable bonds is 1. The summed E-state index contributed by atoms with van der Waals surface area (Å²) in [6.45, 7) is 1.34. The van der Waals surface area contributed by atoms with Crippen LogP contribution in [0.15, 0.2) is 36.7 Å². The van der Waals surface area contributed by atoms with Crippen LogP contribution in [-0.4, -0.2) is 35.0 Å². The lowest BCUT2D eigenvalue weighted by atomic mass is 10.1. The van der Waals surface area contributed by atoms with Crippen molar-refractivity contribution in [1.82, 2.24) is 15.4 Å². The highest BCUT2D eigenvalue weighted by Gasteiger charge is 2.19. The second-order valence-electron chi connectivity index (χ2n) is 5.26. The average Bonchev–Trinajstić information content (AvgIpc) is 2.59. The van der Waals surface area contributed by atoms with Gasteiger partial charge < -0.3 is 9.74 Å². The zero-order valence-electron chi connectivity index (χ0n) is 12.1. The zero-order chi connectivity index (χ0) is 15.4. The lowest BCUT2D eigenvalue weighted by Crippen LogP contribution is -2.40. The fourth-order valence-electron chi connectivity index (χ4n) is 2.58. The molecule has 2 aromatic rings. The van der Waals surface area contributed by atoms with Crippen molar-refractivity contribution in [3.8, 4) is 0 Å². The number of hydroxylamine groups is 1. The van der Waals surface area contributed by atoms with Crippen LogP contribution in [-0.2, 0) is 4.84 Å². The predicted molar refractivity (Wildman–Crippen MR) is 81.1 cm³/mol. The molecule has 1 aliphatic rings. The molecule has 6 heteroatoms. The summed E-state index contributed by atoms with van der Waals surface area (Å²) in [5.74, 6) is -0.477. The number of likely N-dealkylation sites (tertiary alicyclic amines) is 1. The third-order valence-electron chi connectivity index (χ3n) is 3.76. The summed E-state index contributed by atoms with van der Waals surface area (Å²) in [5, 5.41) is 1.63. The molecule has 1 saturated heterocycles. The van der Waals surface area contributed by atoms with Gasteiger partial charge in [0.2, 0.25) is 0 Å². The van der Waals surface area contributed by atoms with Crippen molar-refractivity contribution in [3.05, 3.63) is 42.2 Å². The summed E-state index contributed by atoms with van der Waals surface area (Å²) in [5.41, 5.74) is 2.60. The highest BCUT2D eigenvalue weighted by molar-refractivity contribution is 6.06. The van der Waals surface area contributed by atoms with Crippen molar-refractivity contribution in [2.45, 2.75) is 19.3 Å².